The van der Waals surface area contributed by atoms with Crippen molar-refractivity contribution in [3.8, 4) is 0 Å². The van der Waals surface area contributed by atoms with E-state index < -0.39 is 23.4 Å². The molecule has 0 radical (unpaired) electrons. The predicted octanol–water partition coefficient (Wildman–Crippen LogP) is 4.92. The van der Waals surface area contributed by atoms with Gasteiger partial charge in [0.1, 0.15) is 5.82 Å². The Bertz CT molecular complexity index is 1240. The van der Waals surface area contributed by atoms with Crippen LogP contribution in [0.1, 0.15) is 28.4 Å². The molecule has 0 saturated heterocycles. The fourth-order valence-corrected chi connectivity index (χ4v) is 3.66. The molecule has 0 atom stereocenters. The highest BCUT2D eigenvalue weighted by Gasteiger charge is 2.20. The standard InChI is InChI=1S/C22H17F3N2O/c1-2-12-6-7-13-19(10-12)27(11-15-16(23)8-9-17(24)21(15)25)18-5-3-4-14(20(13)18)22(26)28/h3-10H,2,11H2,1H3,(H2,26,28). The molecule has 0 aliphatic carbocycles. The first kappa shape index (κ1) is 18.1. The third-order valence-electron chi connectivity index (χ3n) is 5.08. The van der Waals surface area contributed by atoms with Crippen LogP contribution in [-0.2, 0) is 13.0 Å². The molecule has 142 valence electrons. The second-order valence-corrected chi connectivity index (χ2v) is 6.68. The average molecular weight is 382 g/mol. The van der Waals surface area contributed by atoms with E-state index in [1.807, 2.05) is 25.1 Å². The van der Waals surface area contributed by atoms with Crippen LogP contribution < -0.4 is 5.73 Å². The number of rotatable bonds is 4. The molecule has 2 N–H and O–H groups in total. The van der Waals surface area contributed by atoms with Gasteiger partial charge in [0.25, 0.3) is 0 Å². The van der Waals surface area contributed by atoms with Crippen LogP contribution >= 0.6 is 0 Å². The summed E-state index contributed by atoms with van der Waals surface area (Å²) in [6, 6.07) is 12.4. The highest BCUT2D eigenvalue weighted by Crippen LogP contribution is 2.33. The predicted molar refractivity (Wildman–Crippen MR) is 103 cm³/mol. The minimum absolute atomic E-state index is 0.217. The number of carbonyl (C=O) groups excluding carboxylic acids is 1. The maximum Gasteiger partial charge on any atom is 0.249 e. The van der Waals surface area contributed by atoms with Crippen molar-refractivity contribution >= 4 is 27.7 Å². The van der Waals surface area contributed by atoms with Gasteiger partial charge in [0.05, 0.1) is 12.1 Å². The Kier molecular flexibility index (Phi) is 4.34. The van der Waals surface area contributed by atoms with E-state index in [0.29, 0.717) is 22.0 Å². The van der Waals surface area contributed by atoms with Gasteiger partial charge in [-0.15, -0.1) is 0 Å². The van der Waals surface area contributed by atoms with Crippen LogP contribution in [0.25, 0.3) is 21.8 Å². The fourth-order valence-electron chi connectivity index (χ4n) is 3.66. The zero-order chi connectivity index (χ0) is 20.0. The molecule has 0 fully saturated rings. The third-order valence-corrected chi connectivity index (χ3v) is 5.08. The average Bonchev–Trinajstić information content (AvgIpc) is 3.01. The normalized spacial score (nSPS) is 11.4. The molecule has 3 aromatic carbocycles. The van der Waals surface area contributed by atoms with Crippen molar-refractivity contribution in [2.24, 2.45) is 5.73 Å². The Morgan fingerprint density at radius 2 is 1.75 bits per heavy atom. The van der Waals surface area contributed by atoms with E-state index in [9.17, 15) is 18.0 Å². The lowest BCUT2D eigenvalue weighted by Gasteiger charge is -2.11. The highest BCUT2D eigenvalue weighted by molar-refractivity contribution is 6.17. The van der Waals surface area contributed by atoms with Crippen LogP contribution in [0.5, 0.6) is 0 Å². The number of hydrogen-bond donors (Lipinski definition) is 1. The lowest BCUT2D eigenvalue weighted by Crippen LogP contribution is -2.11. The summed E-state index contributed by atoms with van der Waals surface area (Å²) in [5.41, 5.74) is 7.82. The van der Waals surface area contributed by atoms with Gasteiger partial charge in [-0.1, -0.05) is 25.1 Å². The Morgan fingerprint density at radius 3 is 2.46 bits per heavy atom. The summed E-state index contributed by atoms with van der Waals surface area (Å²) < 4.78 is 44.0. The third kappa shape index (κ3) is 2.72. The Labute approximate surface area is 159 Å². The van der Waals surface area contributed by atoms with Crippen molar-refractivity contribution in [2.75, 3.05) is 0 Å². The van der Waals surface area contributed by atoms with E-state index in [1.54, 1.807) is 22.8 Å². The zero-order valence-electron chi connectivity index (χ0n) is 15.1. The molecule has 0 aliphatic rings. The van der Waals surface area contributed by atoms with Crippen molar-refractivity contribution in [3.05, 3.63) is 82.7 Å². The molecular weight excluding hydrogens is 365 g/mol. The van der Waals surface area contributed by atoms with Crippen molar-refractivity contribution < 1.29 is 18.0 Å². The molecule has 1 aromatic heterocycles. The Balaban J connectivity index is 2.08. The molecule has 4 rings (SSSR count). The lowest BCUT2D eigenvalue weighted by molar-refractivity contribution is 0.100. The summed E-state index contributed by atoms with van der Waals surface area (Å²) in [5.74, 6) is -3.74. The smallest absolute Gasteiger partial charge is 0.249 e. The number of nitrogens with two attached hydrogens (primary N) is 1. The van der Waals surface area contributed by atoms with Gasteiger partial charge in [0.2, 0.25) is 5.91 Å². The number of amides is 1. The zero-order valence-corrected chi connectivity index (χ0v) is 15.1. The second-order valence-electron chi connectivity index (χ2n) is 6.68. The number of aryl methyl sites for hydroxylation is 1. The largest absolute Gasteiger partial charge is 0.366 e. The number of benzene rings is 3. The molecule has 28 heavy (non-hydrogen) atoms. The molecule has 3 nitrogen and oxygen atoms in total. The minimum atomic E-state index is -1.22. The van der Waals surface area contributed by atoms with E-state index in [0.717, 1.165) is 29.5 Å². The number of carbonyl (C=O) groups is 1. The first-order chi connectivity index (χ1) is 13.4. The molecule has 1 amide bonds. The maximum atomic E-state index is 14.3. The lowest BCUT2D eigenvalue weighted by atomic mass is 10.0. The van der Waals surface area contributed by atoms with Crippen LogP contribution in [0.2, 0.25) is 0 Å². The van der Waals surface area contributed by atoms with Gasteiger partial charge in [-0.2, -0.15) is 0 Å². The quantitative estimate of drug-likeness (QED) is 0.500. The minimum Gasteiger partial charge on any atom is -0.366 e. The van der Waals surface area contributed by atoms with Gasteiger partial charge in [0, 0.05) is 27.4 Å². The number of primary amides is 1. The molecule has 0 aliphatic heterocycles. The maximum absolute atomic E-state index is 14.3. The van der Waals surface area contributed by atoms with Crippen LogP contribution in [-0.4, -0.2) is 10.5 Å². The number of fused-ring (bicyclic) bond motifs is 3. The van der Waals surface area contributed by atoms with Gasteiger partial charge < -0.3 is 10.3 Å². The fraction of sp³-hybridized carbons (Fsp3) is 0.136. The van der Waals surface area contributed by atoms with Crippen molar-refractivity contribution in [1.29, 1.82) is 0 Å². The number of nitrogens with zero attached hydrogens (tertiary/aromatic N) is 1. The van der Waals surface area contributed by atoms with Gasteiger partial charge in [-0.25, -0.2) is 13.2 Å². The Hall–Kier alpha value is -3.28. The van der Waals surface area contributed by atoms with E-state index in [-0.39, 0.29) is 12.1 Å². The van der Waals surface area contributed by atoms with E-state index >= 15 is 0 Å². The van der Waals surface area contributed by atoms with Gasteiger partial charge in [-0.3, -0.25) is 4.79 Å². The monoisotopic (exact) mass is 382 g/mol. The Morgan fingerprint density at radius 1 is 1.00 bits per heavy atom. The second kappa shape index (κ2) is 6.71. The van der Waals surface area contributed by atoms with Gasteiger partial charge >= 0.3 is 0 Å². The molecular formula is C22H17F3N2O. The molecule has 0 unspecified atom stereocenters. The highest BCUT2D eigenvalue weighted by atomic mass is 19.2. The summed E-state index contributed by atoms with van der Waals surface area (Å²) in [7, 11) is 0. The summed E-state index contributed by atoms with van der Waals surface area (Å²) in [6.45, 7) is 1.78. The first-order valence-corrected chi connectivity index (χ1v) is 8.88. The van der Waals surface area contributed by atoms with E-state index in [2.05, 4.69) is 0 Å². The molecule has 0 saturated carbocycles. The summed E-state index contributed by atoms with van der Waals surface area (Å²) in [6.07, 6.45) is 0.767. The number of aromatic nitrogens is 1. The van der Waals surface area contributed by atoms with Crippen LogP contribution in [0.15, 0.2) is 48.5 Å². The summed E-state index contributed by atoms with van der Waals surface area (Å²) in [5, 5.41) is 1.36. The molecule has 0 spiro atoms. The topological polar surface area (TPSA) is 48.0 Å². The molecule has 0 bridgehead atoms. The van der Waals surface area contributed by atoms with Crippen LogP contribution in [0.4, 0.5) is 13.2 Å². The van der Waals surface area contributed by atoms with Crippen LogP contribution in [0, 0.1) is 17.5 Å². The summed E-state index contributed by atoms with van der Waals surface area (Å²) in [4.78, 5) is 11.9. The number of halogens is 3. The van der Waals surface area contributed by atoms with Crippen molar-refractivity contribution in [2.45, 2.75) is 19.9 Å². The van der Waals surface area contributed by atoms with Gasteiger partial charge in [-0.05, 0) is 42.3 Å². The molecule has 4 aromatic rings. The van der Waals surface area contributed by atoms with E-state index in [4.69, 9.17) is 5.73 Å². The first-order valence-electron chi connectivity index (χ1n) is 8.88. The summed E-state index contributed by atoms with van der Waals surface area (Å²) >= 11 is 0. The van der Waals surface area contributed by atoms with E-state index in [1.165, 1.54) is 0 Å². The van der Waals surface area contributed by atoms with Crippen LogP contribution in [0.3, 0.4) is 0 Å². The van der Waals surface area contributed by atoms with Crippen molar-refractivity contribution in [3.63, 3.8) is 0 Å². The number of hydrogen-bond acceptors (Lipinski definition) is 1. The SMILES string of the molecule is CCc1ccc2c3c(C(N)=O)cccc3n(Cc3c(F)ccc(F)c3F)c2c1. The molecule has 1 heterocycles. The van der Waals surface area contributed by atoms with Gasteiger partial charge in [0.15, 0.2) is 11.6 Å². The van der Waals surface area contributed by atoms with Crippen molar-refractivity contribution in [1.82, 2.24) is 4.57 Å². The molecule has 6 heteroatoms.